The summed E-state index contributed by atoms with van der Waals surface area (Å²) < 4.78 is 42.2. The van der Waals surface area contributed by atoms with E-state index in [-0.39, 0.29) is 24.6 Å². The molecule has 0 fully saturated rings. The number of hydrogen-bond acceptors (Lipinski definition) is 4. The average Bonchev–Trinajstić information content (AvgIpc) is 2.95. The van der Waals surface area contributed by atoms with Crippen molar-refractivity contribution in [3.63, 3.8) is 0 Å². The van der Waals surface area contributed by atoms with Gasteiger partial charge in [0.05, 0.1) is 5.69 Å². The molecule has 41 heavy (non-hydrogen) atoms. The van der Waals surface area contributed by atoms with Crippen LogP contribution in [0.15, 0.2) is 78.9 Å². The van der Waals surface area contributed by atoms with Crippen molar-refractivity contribution in [2.24, 2.45) is 0 Å². The van der Waals surface area contributed by atoms with Crippen LogP contribution in [-0.4, -0.2) is 62.7 Å². The lowest BCUT2D eigenvalue weighted by Crippen LogP contribution is -2.54. The van der Waals surface area contributed by atoms with Gasteiger partial charge in [0, 0.05) is 38.6 Å². The molecule has 0 heterocycles. The van der Waals surface area contributed by atoms with Crippen LogP contribution < -0.4 is 9.62 Å². The largest absolute Gasteiger partial charge is 0.354 e. The van der Waals surface area contributed by atoms with Crippen molar-refractivity contribution < 1.29 is 22.4 Å². The topological polar surface area (TPSA) is 90.0 Å². The fraction of sp³-hybridized carbons (Fsp3) is 0.333. The summed E-state index contributed by atoms with van der Waals surface area (Å²) in [5.74, 6) is -1.48. The van der Waals surface area contributed by atoms with Gasteiger partial charge in [-0.3, -0.25) is 9.59 Å². The third kappa shape index (κ3) is 9.01. The van der Waals surface area contributed by atoms with Crippen LogP contribution >= 0.6 is 11.6 Å². The van der Waals surface area contributed by atoms with Crippen molar-refractivity contribution in [1.82, 2.24) is 14.5 Å². The molecule has 0 radical (unpaired) electrons. The zero-order valence-corrected chi connectivity index (χ0v) is 25.0. The first-order chi connectivity index (χ1) is 19.5. The molecule has 8 nitrogen and oxygen atoms in total. The van der Waals surface area contributed by atoms with Crippen molar-refractivity contribution >= 4 is 39.3 Å². The molecule has 3 aromatic carbocycles. The lowest BCUT2D eigenvalue weighted by atomic mass is 10.0. The third-order valence-electron chi connectivity index (χ3n) is 6.50. The molecule has 0 spiro atoms. The van der Waals surface area contributed by atoms with Crippen molar-refractivity contribution in [2.75, 3.05) is 31.5 Å². The Balaban J connectivity index is 2.06. The molecular formula is C30H36ClFN4O4S. The van der Waals surface area contributed by atoms with Crippen LogP contribution in [-0.2, 0) is 32.8 Å². The van der Waals surface area contributed by atoms with Gasteiger partial charge in [-0.25, -0.2) is 8.70 Å². The maximum absolute atomic E-state index is 14.1. The summed E-state index contributed by atoms with van der Waals surface area (Å²) in [6.07, 6.45) is 1.87. The standard InChI is InChI=1S/C30H36ClFN4O4S/c1-4-5-19-33-30(38)28(20-23-9-7-6-8-10-23)35(21-24-11-13-25(31)14-12-24)29(37)22-36(41(39,40)34(2)3)27-17-15-26(32)16-18-27/h6-18,28H,4-5,19-22H2,1-3H3,(H,33,38). The minimum Gasteiger partial charge on any atom is -0.354 e. The lowest BCUT2D eigenvalue weighted by molar-refractivity contribution is -0.140. The molecule has 3 rings (SSSR count). The first kappa shape index (κ1) is 32.0. The summed E-state index contributed by atoms with van der Waals surface area (Å²) in [6.45, 7) is 1.89. The Bertz CT molecular complexity index is 1390. The summed E-state index contributed by atoms with van der Waals surface area (Å²) in [5.41, 5.74) is 1.67. The average molecular weight is 603 g/mol. The van der Waals surface area contributed by atoms with Gasteiger partial charge in [-0.1, -0.05) is 67.4 Å². The van der Waals surface area contributed by atoms with Gasteiger partial charge in [0.2, 0.25) is 11.8 Å². The van der Waals surface area contributed by atoms with Crippen molar-refractivity contribution in [2.45, 2.75) is 38.8 Å². The van der Waals surface area contributed by atoms with E-state index >= 15 is 0 Å². The lowest BCUT2D eigenvalue weighted by Gasteiger charge is -2.34. The van der Waals surface area contributed by atoms with E-state index in [1.165, 1.54) is 31.1 Å². The molecule has 1 atom stereocenters. The van der Waals surface area contributed by atoms with Crippen LogP contribution in [0.1, 0.15) is 30.9 Å². The van der Waals surface area contributed by atoms with Crippen LogP contribution in [0.25, 0.3) is 0 Å². The fourth-order valence-electron chi connectivity index (χ4n) is 4.17. The zero-order chi connectivity index (χ0) is 30.0. The molecule has 0 aliphatic heterocycles. The first-order valence-electron chi connectivity index (χ1n) is 13.3. The van der Waals surface area contributed by atoms with E-state index < -0.39 is 34.5 Å². The summed E-state index contributed by atoms with van der Waals surface area (Å²) in [5, 5.41) is 3.46. The van der Waals surface area contributed by atoms with Gasteiger partial charge in [0.25, 0.3) is 0 Å². The van der Waals surface area contributed by atoms with E-state index in [0.717, 1.165) is 39.1 Å². The van der Waals surface area contributed by atoms with Gasteiger partial charge in [0.15, 0.2) is 0 Å². The van der Waals surface area contributed by atoms with Crippen LogP contribution in [0, 0.1) is 5.82 Å². The van der Waals surface area contributed by atoms with E-state index in [1.807, 2.05) is 37.3 Å². The predicted octanol–water partition coefficient (Wildman–Crippen LogP) is 4.65. The zero-order valence-electron chi connectivity index (χ0n) is 23.5. The summed E-state index contributed by atoms with van der Waals surface area (Å²) >= 11 is 6.08. The quantitative estimate of drug-likeness (QED) is 0.272. The number of carbonyl (C=O) groups excluding carboxylic acids is 2. The van der Waals surface area contributed by atoms with Crippen LogP contribution in [0.4, 0.5) is 10.1 Å². The third-order valence-corrected chi connectivity index (χ3v) is 8.57. The summed E-state index contributed by atoms with van der Waals surface area (Å²) in [4.78, 5) is 29.1. The van der Waals surface area contributed by atoms with E-state index in [0.29, 0.717) is 17.1 Å². The van der Waals surface area contributed by atoms with E-state index in [1.54, 1.807) is 24.3 Å². The molecule has 0 aliphatic carbocycles. The fourth-order valence-corrected chi connectivity index (χ4v) is 5.35. The number of nitrogens with one attached hydrogen (secondary N) is 1. The van der Waals surface area contributed by atoms with Crippen LogP contribution in [0.5, 0.6) is 0 Å². The Morgan fingerprint density at radius 2 is 1.56 bits per heavy atom. The minimum absolute atomic E-state index is 0.0357. The molecule has 0 saturated heterocycles. The predicted molar refractivity (Wildman–Crippen MR) is 160 cm³/mol. The van der Waals surface area contributed by atoms with Crippen LogP contribution in [0.3, 0.4) is 0 Å². The Kier molecular flexibility index (Phi) is 11.7. The second-order valence-corrected chi connectivity index (χ2v) is 12.3. The number of rotatable bonds is 14. The molecule has 3 aromatic rings. The van der Waals surface area contributed by atoms with Gasteiger partial charge in [-0.15, -0.1) is 0 Å². The normalized spacial score (nSPS) is 12.1. The van der Waals surface area contributed by atoms with E-state index in [9.17, 15) is 22.4 Å². The highest BCUT2D eigenvalue weighted by atomic mass is 35.5. The molecule has 0 aromatic heterocycles. The molecule has 1 N–H and O–H groups in total. The molecule has 11 heteroatoms. The van der Waals surface area contributed by atoms with Gasteiger partial charge < -0.3 is 10.2 Å². The number of amides is 2. The van der Waals surface area contributed by atoms with Crippen LogP contribution in [0.2, 0.25) is 5.02 Å². The second kappa shape index (κ2) is 15.0. The Labute approximate surface area is 246 Å². The van der Waals surface area contributed by atoms with E-state index in [2.05, 4.69) is 5.32 Å². The first-order valence-corrected chi connectivity index (χ1v) is 15.1. The highest BCUT2D eigenvalue weighted by Gasteiger charge is 2.34. The Morgan fingerprint density at radius 3 is 2.15 bits per heavy atom. The molecule has 0 bridgehead atoms. The van der Waals surface area contributed by atoms with Gasteiger partial charge >= 0.3 is 10.2 Å². The van der Waals surface area contributed by atoms with E-state index in [4.69, 9.17) is 11.6 Å². The highest BCUT2D eigenvalue weighted by Crippen LogP contribution is 2.22. The monoisotopic (exact) mass is 602 g/mol. The smallest absolute Gasteiger partial charge is 0.304 e. The van der Waals surface area contributed by atoms with Gasteiger partial charge in [0.1, 0.15) is 18.4 Å². The molecular weight excluding hydrogens is 567 g/mol. The number of hydrogen-bond donors (Lipinski definition) is 1. The Hall–Kier alpha value is -3.47. The molecule has 220 valence electrons. The van der Waals surface area contributed by atoms with Crippen molar-refractivity contribution in [1.29, 1.82) is 0 Å². The summed E-state index contributed by atoms with van der Waals surface area (Å²) in [7, 11) is -1.46. The van der Waals surface area contributed by atoms with Crippen molar-refractivity contribution in [3.05, 3.63) is 101 Å². The number of nitrogens with zero attached hydrogens (tertiary/aromatic N) is 3. The number of carbonyl (C=O) groups is 2. The number of benzene rings is 3. The molecule has 0 aliphatic rings. The highest BCUT2D eigenvalue weighted by molar-refractivity contribution is 7.90. The molecule has 2 amide bonds. The number of halogens is 2. The SMILES string of the molecule is CCCCNC(=O)C(Cc1ccccc1)N(Cc1ccc(Cl)cc1)C(=O)CN(c1ccc(F)cc1)S(=O)(=O)N(C)C. The minimum atomic E-state index is -4.16. The van der Waals surface area contributed by atoms with Gasteiger partial charge in [-0.2, -0.15) is 12.7 Å². The maximum atomic E-state index is 14.1. The molecule has 0 saturated carbocycles. The Morgan fingerprint density at radius 1 is 0.927 bits per heavy atom. The summed E-state index contributed by atoms with van der Waals surface area (Å²) in [6, 6.07) is 20.1. The second-order valence-electron chi connectivity index (χ2n) is 9.77. The number of unbranched alkanes of at least 4 members (excludes halogenated alkanes) is 1. The number of anilines is 1. The molecule has 1 unspecified atom stereocenters. The van der Waals surface area contributed by atoms with Gasteiger partial charge in [-0.05, 0) is 53.9 Å². The maximum Gasteiger partial charge on any atom is 0.304 e. The van der Waals surface area contributed by atoms with Crippen molar-refractivity contribution in [3.8, 4) is 0 Å².